The molecule has 104 valence electrons. The maximum absolute atomic E-state index is 11.6. The first-order valence-electron chi connectivity index (χ1n) is 6.88. The van der Waals surface area contributed by atoms with Crippen molar-refractivity contribution in [2.24, 2.45) is 5.92 Å². The fourth-order valence-corrected chi connectivity index (χ4v) is 2.42. The summed E-state index contributed by atoms with van der Waals surface area (Å²) in [6, 6.07) is 7.43. The van der Waals surface area contributed by atoms with Gasteiger partial charge in [-0.25, -0.2) is 0 Å². The zero-order chi connectivity index (χ0) is 13.7. The van der Waals surface area contributed by atoms with Gasteiger partial charge in [-0.3, -0.25) is 4.79 Å². The van der Waals surface area contributed by atoms with Crippen molar-refractivity contribution in [3.63, 3.8) is 0 Å². The predicted octanol–water partition coefficient (Wildman–Crippen LogP) is 2.77. The average Bonchev–Trinajstić information content (AvgIpc) is 2.42. The Balaban J connectivity index is 1.80. The molecule has 1 saturated carbocycles. The molecule has 1 aromatic carbocycles. The summed E-state index contributed by atoms with van der Waals surface area (Å²) < 4.78 is 10.9. The number of carbonyl (C=O) groups is 1. The van der Waals surface area contributed by atoms with Crippen LogP contribution in [0.4, 0.5) is 5.69 Å². The van der Waals surface area contributed by atoms with Gasteiger partial charge in [-0.05, 0) is 56.9 Å². The van der Waals surface area contributed by atoms with Crippen LogP contribution in [0.2, 0.25) is 0 Å². The minimum atomic E-state index is -0.0616. The van der Waals surface area contributed by atoms with Crippen LogP contribution >= 0.6 is 0 Å². The zero-order valence-corrected chi connectivity index (χ0v) is 11.3. The van der Waals surface area contributed by atoms with Gasteiger partial charge in [-0.1, -0.05) is 0 Å². The van der Waals surface area contributed by atoms with E-state index in [4.69, 9.17) is 15.2 Å². The van der Waals surface area contributed by atoms with Crippen LogP contribution in [0, 0.1) is 5.92 Å². The molecule has 4 nitrogen and oxygen atoms in total. The van der Waals surface area contributed by atoms with E-state index in [1.54, 1.807) is 0 Å². The Morgan fingerprint density at radius 3 is 2.42 bits per heavy atom. The van der Waals surface area contributed by atoms with E-state index in [1.165, 1.54) is 0 Å². The van der Waals surface area contributed by atoms with Gasteiger partial charge in [0.1, 0.15) is 5.75 Å². The molecule has 0 bridgehead atoms. The van der Waals surface area contributed by atoms with E-state index in [0.717, 1.165) is 37.1 Å². The Bertz CT molecular complexity index is 408. The summed E-state index contributed by atoms with van der Waals surface area (Å²) in [5.41, 5.74) is 6.37. The van der Waals surface area contributed by atoms with Gasteiger partial charge in [0, 0.05) is 5.69 Å². The molecule has 19 heavy (non-hydrogen) atoms. The Morgan fingerprint density at radius 2 is 1.84 bits per heavy atom. The second-order valence-electron chi connectivity index (χ2n) is 4.91. The van der Waals surface area contributed by atoms with E-state index >= 15 is 0 Å². The number of carbonyl (C=O) groups excluding carboxylic acids is 1. The molecule has 1 aromatic rings. The fraction of sp³-hybridized carbons (Fsp3) is 0.533. The first-order chi connectivity index (χ1) is 9.19. The highest BCUT2D eigenvalue weighted by atomic mass is 16.5. The second-order valence-corrected chi connectivity index (χ2v) is 4.91. The SMILES string of the molecule is CCOC(=O)[C@H]1CC[C@H](Oc2ccc(N)cc2)CC1. The van der Waals surface area contributed by atoms with Gasteiger partial charge in [0.2, 0.25) is 0 Å². The molecule has 0 heterocycles. The molecule has 0 aromatic heterocycles. The number of benzene rings is 1. The topological polar surface area (TPSA) is 61.5 Å². The van der Waals surface area contributed by atoms with Gasteiger partial charge in [0.25, 0.3) is 0 Å². The number of nitrogens with two attached hydrogens (primary N) is 1. The third-order valence-electron chi connectivity index (χ3n) is 3.48. The number of hydrogen-bond donors (Lipinski definition) is 1. The Kier molecular flexibility index (Phi) is 4.66. The monoisotopic (exact) mass is 263 g/mol. The van der Waals surface area contributed by atoms with Crippen molar-refractivity contribution in [2.45, 2.75) is 38.7 Å². The predicted molar refractivity (Wildman–Crippen MR) is 73.9 cm³/mol. The summed E-state index contributed by atoms with van der Waals surface area (Å²) in [6.07, 6.45) is 3.67. The number of nitrogen functional groups attached to an aromatic ring is 1. The lowest BCUT2D eigenvalue weighted by Crippen LogP contribution is -2.29. The van der Waals surface area contributed by atoms with Crippen molar-refractivity contribution < 1.29 is 14.3 Å². The first-order valence-corrected chi connectivity index (χ1v) is 6.88. The standard InChI is InChI=1S/C15H21NO3/c1-2-18-15(17)11-3-7-13(8-4-11)19-14-9-5-12(16)6-10-14/h5-6,9-11,13H,2-4,7-8,16H2,1H3/t11-,13-. The molecule has 4 heteroatoms. The van der Waals surface area contributed by atoms with Gasteiger partial charge in [0.05, 0.1) is 18.6 Å². The van der Waals surface area contributed by atoms with Crippen LogP contribution in [-0.4, -0.2) is 18.7 Å². The maximum atomic E-state index is 11.6. The Morgan fingerprint density at radius 1 is 1.21 bits per heavy atom. The van der Waals surface area contributed by atoms with Gasteiger partial charge in [-0.15, -0.1) is 0 Å². The van der Waals surface area contributed by atoms with Gasteiger partial charge < -0.3 is 15.2 Å². The number of anilines is 1. The third kappa shape index (κ3) is 3.88. The lowest BCUT2D eigenvalue weighted by molar-refractivity contribution is -0.149. The summed E-state index contributed by atoms with van der Waals surface area (Å²) in [6.45, 7) is 2.30. The van der Waals surface area contributed by atoms with Gasteiger partial charge in [0.15, 0.2) is 0 Å². The molecule has 1 aliphatic rings. The summed E-state index contributed by atoms with van der Waals surface area (Å²) >= 11 is 0. The Labute approximate surface area is 113 Å². The second kappa shape index (κ2) is 6.45. The Hall–Kier alpha value is -1.71. The molecule has 0 amide bonds. The fourth-order valence-electron chi connectivity index (χ4n) is 2.42. The van der Waals surface area contributed by atoms with E-state index in [2.05, 4.69) is 0 Å². The lowest BCUT2D eigenvalue weighted by atomic mass is 9.87. The van der Waals surface area contributed by atoms with Crippen molar-refractivity contribution in [1.82, 2.24) is 0 Å². The quantitative estimate of drug-likeness (QED) is 0.670. The van der Waals surface area contributed by atoms with Crippen LogP contribution in [-0.2, 0) is 9.53 Å². The minimum Gasteiger partial charge on any atom is -0.490 e. The molecule has 1 fully saturated rings. The highest BCUT2D eigenvalue weighted by Gasteiger charge is 2.28. The molecule has 0 atom stereocenters. The molecular formula is C15H21NO3. The van der Waals surface area contributed by atoms with E-state index in [-0.39, 0.29) is 18.0 Å². The van der Waals surface area contributed by atoms with Crippen LogP contribution in [0.15, 0.2) is 24.3 Å². The van der Waals surface area contributed by atoms with Crippen LogP contribution in [0.25, 0.3) is 0 Å². The summed E-state index contributed by atoms with van der Waals surface area (Å²) in [5, 5.41) is 0. The minimum absolute atomic E-state index is 0.0474. The molecular weight excluding hydrogens is 242 g/mol. The van der Waals surface area contributed by atoms with Gasteiger partial charge >= 0.3 is 5.97 Å². The van der Waals surface area contributed by atoms with E-state index < -0.39 is 0 Å². The third-order valence-corrected chi connectivity index (χ3v) is 3.48. The highest BCUT2D eigenvalue weighted by Crippen LogP contribution is 2.28. The normalized spacial score (nSPS) is 22.8. The number of hydrogen-bond acceptors (Lipinski definition) is 4. The molecule has 0 radical (unpaired) electrons. The number of ether oxygens (including phenoxy) is 2. The first kappa shape index (κ1) is 13.7. The summed E-state index contributed by atoms with van der Waals surface area (Å²) in [7, 11) is 0. The van der Waals surface area contributed by atoms with Gasteiger partial charge in [-0.2, -0.15) is 0 Å². The van der Waals surface area contributed by atoms with Crippen molar-refractivity contribution in [1.29, 1.82) is 0 Å². The number of esters is 1. The molecule has 0 spiro atoms. The van der Waals surface area contributed by atoms with Crippen molar-refractivity contribution in [3.8, 4) is 5.75 Å². The molecule has 0 saturated heterocycles. The van der Waals surface area contributed by atoms with Crippen LogP contribution in [0.5, 0.6) is 5.75 Å². The average molecular weight is 263 g/mol. The summed E-state index contributed by atoms with van der Waals surface area (Å²) in [4.78, 5) is 11.6. The summed E-state index contributed by atoms with van der Waals surface area (Å²) in [5.74, 6) is 0.827. The van der Waals surface area contributed by atoms with Crippen LogP contribution in [0.1, 0.15) is 32.6 Å². The van der Waals surface area contributed by atoms with E-state index in [0.29, 0.717) is 6.61 Å². The van der Waals surface area contributed by atoms with Crippen LogP contribution in [0.3, 0.4) is 0 Å². The van der Waals surface area contributed by atoms with Crippen molar-refractivity contribution in [2.75, 3.05) is 12.3 Å². The molecule has 2 rings (SSSR count). The van der Waals surface area contributed by atoms with E-state index in [9.17, 15) is 4.79 Å². The lowest BCUT2D eigenvalue weighted by Gasteiger charge is -2.27. The molecule has 0 unspecified atom stereocenters. The smallest absolute Gasteiger partial charge is 0.308 e. The number of rotatable bonds is 4. The molecule has 1 aliphatic carbocycles. The highest BCUT2D eigenvalue weighted by molar-refractivity contribution is 5.72. The van der Waals surface area contributed by atoms with Crippen LogP contribution < -0.4 is 10.5 Å². The zero-order valence-electron chi connectivity index (χ0n) is 11.3. The largest absolute Gasteiger partial charge is 0.490 e. The van der Waals surface area contributed by atoms with Crippen molar-refractivity contribution in [3.05, 3.63) is 24.3 Å². The van der Waals surface area contributed by atoms with Crippen molar-refractivity contribution >= 4 is 11.7 Å². The van der Waals surface area contributed by atoms with E-state index in [1.807, 2.05) is 31.2 Å². The molecule has 0 aliphatic heterocycles. The molecule has 2 N–H and O–H groups in total. The maximum Gasteiger partial charge on any atom is 0.308 e.